The number of rotatable bonds is 4. The zero-order valence-electron chi connectivity index (χ0n) is 15.4. The zero-order valence-corrected chi connectivity index (χ0v) is 15.4. The van der Waals surface area contributed by atoms with Gasteiger partial charge in [0, 0.05) is 44.6 Å². The molecule has 2 fully saturated rings. The maximum Gasteiger partial charge on any atom is 0.223 e. The molecule has 142 valence electrons. The Labute approximate surface area is 159 Å². The molecule has 0 radical (unpaired) electrons. The highest BCUT2D eigenvalue weighted by Crippen LogP contribution is 2.35. The molecule has 4 rings (SSSR count). The first-order chi connectivity index (χ1) is 13.1. The molecule has 2 heterocycles. The first-order valence-electron chi connectivity index (χ1n) is 9.48. The average Bonchev–Trinajstić information content (AvgIpc) is 2.82. The van der Waals surface area contributed by atoms with E-state index in [9.17, 15) is 9.18 Å². The van der Waals surface area contributed by atoms with E-state index < -0.39 is 0 Å². The maximum atomic E-state index is 13.5. The molecule has 1 amide bonds. The van der Waals surface area contributed by atoms with Crippen molar-refractivity contribution < 1.29 is 13.9 Å². The quantitative estimate of drug-likeness (QED) is 0.832. The predicted octanol–water partition coefficient (Wildman–Crippen LogP) is 3.08. The molecule has 0 unspecified atom stereocenters. The Balaban J connectivity index is 1.46. The van der Waals surface area contributed by atoms with Crippen molar-refractivity contribution in [2.45, 2.75) is 19.5 Å². The average molecular weight is 368 g/mol. The third-order valence-corrected chi connectivity index (χ3v) is 5.44. The topological polar surface area (TPSA) is 32.8 Å². The van der Waals surface area contributed by atoms with Crippen LogP contribution in [0.4, 0.5) is 4.39 Å². The summed E-state index contributed by atoms with van der Waals surface area (Å²) in [7, 11) is 0. The van der Waals surface area contributed by atoms with E-state index in [-0.39, 0.29) is 17.1 Å². The molecule has 0 bridgehead atoms. The Morgan fingerprint density at radius 2 is 1.81 bits per heavy atom. The van der Waals surface area contributed by atoms with Crippen LogP contribution in [0.5, 0.6) is 0 Å². The molecule has 0 saturated carbocycles. The Morgan fingerprint density at radius 1 is 1.00 bits per heavy atom. The fraction of sp³-hybridized carbons (Fsp3) is 0.409. The van der Waals surface area contributed by atoms with E-state index in [1.807, 2.05) is 29.2 Å². The number of benzene rings is 2. The van der Waals surface area contributed by atoms with Crippen LogP contribution in [0.15, 0.2) is 54.6 Å². The monoisotopic (exact) mass is 368 g/mol. The number of carbonyl (C=O) groups is 1. The molecule has 2 aliphatic rings. The zero-order chi connectivity index (χ0) is 18.7. The molecule has 2 aromatic carbocycles. The van der Waals surface area contributed by atoms with Crippen molar-refractivity contribution in [2.75, 3.05) is 32.8 Å². The molecule has 2 aromatic rings. The van der Waals surface area contributed by atoms with E-state index in [2.05, 4.69) is 17.0 Å². The number of carbonyl (C=O) groups excluding carboxylic acids is 1. The number of amides is 1. The Bertz CT molecular complexity index is 798. The molecule has 2 saturated heterocycles. The van der Waals surface area contributed by atoms with Gasteiger partial charge in [0.2, 0.25) is 5.91 Å². The van der Waals surface area contributed by atoms with E-state index in [1.54, 1.807) is 12.1 Å². The predicted molar refractivity (Wildman–Crippen MR) is 101 cm³/mol. The smallest absolute Gasteiger partial charge is 0.223 e. The minimum atomic E-state index is -0.210. The summed E-state index contributed by atoms with van der Waals surface area (Å²) in [4.78, 5) is 16.9. The lowest BCUT2D eigenvalue weighted by molar-refractivity contribution is -0.128. The van der Waals surface area contributed by atoms with Gasteiger partial charge in [-0.25, -0.2) is 4.39 Å². The van der Waals surface area contributed by atoms with Crippen molar-refractivity contribution >= 4 is 5.91 Å². The Kier molecular flexibility index (Phi) is 5.23. The van der Waals surface area contributed by atoms with Gasteiger partial charge in [-0.15, -0.1) is 0 Å². The molecule has 0 aromatic heterocycles. The van der Waals surface area contributed by atoms with E-state index in [4.69, 9.17) is 4.74 Å². The molecular formula is C22H25FN2O2. The van der Waals surface area contributed by atoms with Gasteiger partial charge >= 0.3 is 0 Å². The fourth-order valence-corrected chi connectivity index (χ4v) is 4.24. The minimum absolute atomic E-state index is 0.185. The molecule has 27 heavy (non-hydrogen) atoms. The number of hydrogen-bond acceptors (Lipinski definition) is 3. The normalized spacial score (nSPS) is 23.7. The van der Waals surface area contributed by atoms with Crippen LogP contribution < -0.4 is 0 Å². The van der Waals surface area contributed by atoms with Crippen LogP contribution in [0.3, 0.4) is 0 Å². The lowest BCUT2D eigenvalue weighted by atomic mass is 9.87. The van der Waals surface area contributed by atoms with Gasteiger partial charge in [0.1, 0.15) is 5.82 Å². The summed E-state index contributed by atoms with van der Waals surface area (Å²) >= 11 is 0. The number of ether oxygens (including phenoxy) is 1. The van der Waals surface area contributed by atoms with Crippen molar-refractivity contribution in [1.29, 1.82) is 0 Å². The van der Waals surface area contributed by atoms with Gasteiger partial charge in [-0.05, 0) is 23.3 Å². The number of halogens is 1. The highest BCUT2D eigenvalue weighted by molar-refractivity contribution is 5.79. The molecular weight excluding hydrogens is 343 g/mol. The number of hydrogen-bond donors (Lipinski definition) is 0. The van der Waals surface area contributed by atoms with Crippen molar-refractivity contribution in [2.24, 2.45) is 5.41 Å². The number of likely N-dealkylation sites (tertiary alicyclic amines) is 1. The molecule has 0 aliphatic carbocycles. The second kappa shape index (κ2) is 7.79. The lowest BCUT2D eigenvalue weighted by Gasteiger charge is -2.31. The van der Waals surface area contributed by atoms with E-state index in [0.29, 0.717) is 39.3 Å². The summed E-state index contributed by atoms with van der Waals surface area (Å²) in [5.41, 5.74) is 1.92. The summed E-state index contributed by atoms with van der Waals surface area (Å²) in [6.45, 7) is 4.86. The van der Waals surface area contributed by atoms with Crippen LogP contribution in [0.2, 0.25) is 0 Å². The van der Waals surface area contributed by atoms with Gasteiger partial charge in [-0.2, -0.15) is 0 Å². The molecule has 1 atom stereocenters. The van der Waals surface area contributed by atoms with Crippen molar-refractivity contribution in [3.63, 3.8) is 0 Å². The standard InChI is InChI=1S/C22H25FN2O2/c23-20-8-4-7-19(11-20)13-24-9-10-27-17-22(15-24)12-21(26)25(16-22)14-18-5-2-1-3-6-18/h1-8,11H,9-10,12-17H2/t22-/m1/s1. The summed E-state index contributed by atoms with van der Waals surface area (Å²) in [5.74, 6) is -0.0200. The van der Waals surface area contributed by atoms with Crippen LogP contribution in [-0.2, 0) is 22.6 Å². The summed E-state index contributed by atoms with van der Waals surface area (Å²) < 4.78 is 19.4. The Hall–Kier alpha value is -2.24. The molecule has 0 N–H and O–H groups in total. The van der Waals surface area contributed by atoms with Gasteiger partial charge < -0.3 is 9.64 Å². The van der Waals surface area contributed by atoms with E-state index in [1.165, 1.54) is 6.07 Å². The van der Waals surface area contributed by atoms with Crippen molar-refractivity contribution in [3.8, 4) is 0 Å². The molecule has 4 nitrogen and oxygen atoms in total. The highest BCUT2D eigenvalue weighted by atomic mass is 19.1. The summed E-state index contributed by atoms with van der Waals surface area (Å²) in [6, 6.07) is 16.8. The fourth-order valence-electron chi connectivity index (χ4n) is 4.24. The van der Waals surface area contributed by atoms with Gasteiger partial charge in [0.15, 0.2) is 0 Å². The van der Waals surface area contributed by atoms with E-state index >= 15 is 0 Å². The van der Waals surface area contributed by atoms with Crippen molar-refractivity contribution in [1.82, 2.24) is 9.80 Å². The molecule has 5 heteroatoms. The minimum Gasteiger partial charge on any atom is -0.379 e. The SMILES string of the molecule is O=C1C[C@]2(COCCN(Cc3cccc(F)c3)C2)CN1Cc1ccccc1. The highest BCUT2D eigenvalue weighted by Gasteiger charge is 2.45. The van der Waals surface area contributed by atoms with Gasteiger partial charge in [-0.3, -0.25) is 9.69 Å². The summed E-state index contributed by atoms with van der Waals surface area (Å²) in [5, 5.41) is 0. The summed E-state index contributed by atoms with van der Waals surface area (Å²) in [6.07, 6.45) is 0.513. The Morgan fingerprint density at radius 3 is 2.63 bits per heavy atom. The van der Waals surface area contributed by atoms with Crippen LogP contribution in [0, 0.1) is 11.2 Å². The lowest BCUT2D eigenvalue weighted by Crippen LogP contribution is -2.40. The second-order valence-electron chi connectivity index (χ2n) is 7.81. The van der Waals surface area contributed by atoms with Gasteiger partial charge in [0.05, 0.1) is 13.2 Å². The van der Waals surface area contributed by atoms with Gasteiger partial charge in [-0.1, -0.05) is 42.5 Å². The number of nitrogens with zero attached hydrogens (tertiary/aromatic N) is 2. The second-order valence-corrected chi connectivity index (χ2v) is 7.81. The third kappa shape index (κ3) is 4.37. The van der Waals surface area contributed by atoms with Crippen LogP contribution >= 0.6 is 0 Å². The van der Waals surface area contributed by atoms with Gasteiger partial charge in [0.25, 0.3) is 0 Å². The first-order valence-corrected chi connectivity index (χ1v) is 9.48. The first kappa shape index (κ1) is 18.1. The van der Waals surface area contributed by atoms with Crippen LogP contribution in [0.1, 0.15) is 17.5 Å². The van der Waals surface area contributed by atoms with Crippen LogP contribution in [-0.4, -0.2) is 48.6 Å². The third-order valence-electron chi connectivity index (χ3n) is 5.44. The maximum absolute atomic E-state index is 13.5. The van der Waals surface area contributed by atoms with E-state index in [0.717, 1.165) is 24.2 Å². The van der Waals surface area contributed by atoms with Crippen LogP contribution in [0.25, 0.3) is 0 Å². The largest absolute Gasteiger partial charge is 0.379 e. The molecule has 1 spiro atoms. The van der Waals surface area contributed by atoms with Crippen molar-refractivity contribution in [3.05, 3.63) is 71.5 Å². The molecule has 2 aliphatic heterocycles.